The van der Waals surface area contributed by atoms with Gasteiger partial charge in [-0.05, 0) is 61.9 Å². The fraction of sp³-hybridized carbons (Fsp3) is 0.581. The Hall–Kier alpha value is -2.61. The molecule has 0 saturated carbocycles. The summed E-state index contributed by atoms with van der Waals surface area (Å²) in [6.07, 6.45) is -2.17. The molecule has 0 unspecified atom stereocenters. The highest BCUT2D eigenvalue weighted by Crippen LogP contribution is 2.29. The molecular formula is C31H45NO10. The van der Waals surface area contributed by atoms with Crippen molar-refractivity contribution in [3.05, 3.63) is 65.2 Å². The topological polar surface area (TPSA) is 178 Å². The van der Waals surface area contributed by atoms with Gasteiger partial charge in [0.15, 0.2) is 6.10 Å². The number of unbranched alkanes of at least 4 members (excludes halogenated alkanes) is 4. The number of aliphatic carboxylic acids is 1. The molecule has 0 aliphatic carbocycles. The van der Waals surface area contributed by atoms with Gasteiger partial charge in [0, 0.05) is 25.3 Å². The van der Waals surface area contributed by atoms with Crippen molar-refractivity contribution in [1.29, 1.82) is 0 Å². The molecule has 0 radical (unpaired) electrons. The van der Waals surface area contributed by atoms with E-state index in [1.807, 2.05) is 6.07 Å². The maximum absolute atomic E-state index is 11.3. The molecule has 2 aromatic rings. The summed E-state index contributed by atoms with van der Waals surface area (Å²) in [5.74, 6) is -1.44. The van der Waals surface area contributed by atoms with Crippen molar-refractivity contribution in [2.45, 2.75) is 88.4 Å². The molecule has 0 amide bonds. The molecular weight excluding hydrogens is 546 g/mol. The Morgan fingerprint density at radius 2 is 1.62 bits per heavy atom. The Morgan fingerprint density at radius 1 is 0.905 bits per heavy atom. The third-order valence-corrected chi connectivity index (χ3v) is 7.27. The number of hydrogen-bond donors (Lipinski definition) is 7. The van der Waals surface area contributed by atoms with E-state index < -0.39 is 49.4 Å². The van der Waals surface area contributed by atoms with E-state index in [2.05, 4.69) is 29.6 Å². The highest BCUT2D eigenvalue weighted by molar-refractivity contribution is 5.73. The van der Waals surface area contributed by atoms with Gasteiger partial charge >= 0.3 is 5.97 Å². The van der Waals surface area contributed by atoms with Crippen molar-refractivity contribution >= 4 is 5.97 Å². The summed E-state index contributed by atoms with van der Waals surface area (Å²) in [6, 6.07) is 15.1. The van der Waals surface area contributed by atoms with Crippen LogP contribution in [0.15, 0.2) is 48.5 Å². The van der Waals surface area contributed by atoms with E-state index in [1.165, 1.54) is 11.6 Å². The van der Waals surface area contributed by atoms with Gasteiger partial charge in [0.1, 0.15) is 24.1 Å². The number of ether oxygens (including phenoxy) is 3. The smallest absolute Gasteiger partial charge is 0.335 e. The first-order chi connectivity index (χ1) is 20.3. The zero-order valence-corrected chi connectivity index (χ0v) is 23.9. The van der Waals surface area contributed by atoms with Crippen molar-refractivity contribution in [3.8, 4) is 5.75 Å². The summed E-state index contributed by atoms with van der Waals surface area (Å²) < 4.78 is 16.4. The molecule has 3 rings (SSSR count). The van der Waals surface area contributed by atoms with E-state index in [4.69, 9.17) is 14.2 Å². The summed E-state index contributed by atoms with van der Waals surface area (Å²) in [5, 5.41) is 62.8. The lowest BCUT2D eigenvalue weighted by molar-refractivity contribution is -0.271. The number of benzene rings is 2. The third kappa shape index (κ3) is 10.6. The van der Waals surface area contributed by atoms with Gasteiger partial charge in [0.05, 0.1) is 12.7 Å². The monoisotopic (exact) mass is 591 g/mol. The second-order valence-corrected chi connectivity index (χ2v) is 10.6. The fourth-order valence-electron chi connectivity index (χ4n) is 4.76. The number of carboxylic acid groups (broad SMARTS) is 1. The lowest BCUT2D eigenvalue weighted by Gasteiger charge is -2.38. The molecule has 6 atom stereocenters. The average Bonchev–Trinajstić information content (AvgIpc) is 3.00. The highest BCUT2D eigenvalue weighted by atomic mass is 16.7. The van der Waals surface area contributed by atoms with Gasteiger partial charge in [0.25, 0.3) is 0 Å². The van der Waals surface area contributed by atoms with E-state index in [-0.39, 0.29) is 11.3 Å². The van der Waals surface area contributed by atoms with Gasteiger partial charge in [-0.2, -0.15) is 0 Å². The van der Waals surface area contributed by atoms with Gasteiger partial charge < -0.3 is 50.2 Å². The number of aliphatic hydroxyl groups is 5. The van der Waals surface area contributed by atoms with Gasteiger partial charge in [0.2, 0.25) is 6.29 Å². The van der Waals surface area contributed by atoms with Crippen LogP contribution in [0.3, 0.4) is 0 Å². The maximum Gasteiger partial charge on any atom is 0.335 e. The van der Waals surface area contributed by atoms with Gasteiger partial charge in [-0.15, -0.1) is 0 Å². The Balaban J connectivity index is 1.29. The highest BCUT2D eigenvalue weighted by Gasteiger charge is 2.48. The molecule has 0 spiro atoms. The van der Waals surface area contributed by atoms with E-state index in [1.54, 1.807) is 12.1 Å². The number of aryl methyl sites for hydroxylation is 1. The van der Waals surface area contributed by atoms with Crippen LogP contribution in [0.5, 0.6) is 5.75 Å². The van der Waals surface area contributed by atoms with Gasteiger partial charge in [-0.1, -0.05) is 49.2 Å². The molecule has 234 valence electrons. The summed E-state index contributed by atoms with van der Waals surface area (Å²) in [7, 11) is 0. The molecule has 7 N–H and O–H groups in total. The van der Waals surface area contributed by atoms with E-state index in [0.29, 0.717) is 12.1 Å². The second kappa shape index (κ2) is 18.1. The minimum atomic E-state index is -1.83. The first kappa shape index (κ1) is 33.9. The van der Waals surface area contributed by atoms with Crippen LogP contribution < -0.4 is 10.1 Å². The first-order valence-electron chi connectivity index (χ1n) is 14.6. The number of carbonyl (C=O) groups is 1. The molecule has 1 fully saturated rings. The summed E-state index contributed by atoms with van der Waals surface area (Å²) in [5.41, 5.74) is 2.17. The summed E-state index contributed by atoms with van der Waals surface area (Å²) >= 11 is 0. The standard InChI is InChI=1S/C31H45NO10/c33-20-23-18-22(13-14-25(23)41-31-28(37)26(35)27(36)29(42-31)30(38)39)24(34)19-32-15-7-1-2-8-16-40-17-9-6-12-21-10-4-3-5-11-21/h3-5,10-11,13-14,18,24,26-29,31-37H,1-2,6-9,12,15-17,19-20H2,(H,38,39)/t24-,26+,27+,28-,29+,31-/m1/s1. The van der Waals surface area contributed by atoms with E-state index >= 15 is 0 Å². The van der Waals surface area contributed by atoms with Crippen molar-refractivity contribution in [2.75, 3.05) is 26.3 Å². The van der Waals surface area contributed by atoms with Crippen molar-refractivity contribution < 1.29 is 49.6 Å². The maximum atomic E-state index is 11.3. The van der Waals surface area contributed by atoms with Gasteiger partial charge in [-0.25, -0.2) is 4.79 Å². The van der Waals surface area contributed by atoms with Crippen LogP contribution in [0, 0.1) is 0 Å². The predicted molar refractivity (Wildman–Crippen MR) is 154 cm³/mol. The lowest BCUT2D eigenvalue weighted by Crippen LogP contribution is -2.61. The molecule has 11 heteroatoms. The molecule has 1 aliphatic rings. The number of rotatable bonds is 19. The predicted octanol–water partition coefficient (Wildman–Crippen LogP) is 1.67. The van der Waals surface area contributed by atoms with Crippen LogP contribution in [-0.4, -0.2) is 93.6 Å². The molecule has 42 heavy (non-hydrogen) atoms. The lowest BCUT2D eigenvalue weighted by atomic mass is 9.99. The molecule has 1 aliphatic heterocycles. The van der Waals surface area contributed by atoms with Crippen molar-refractivity contribution in [3.63, 3.8) is 0 Å². The third-order valence-electron chi connectivity index (χ3n) is 7.27. The molecule has 0 bridgehead atoms. The van der Waals surface area contributed by atoms with Crippen molar-refractivity contribution in [2.24, 2.45) is 0 Å². The van der Waals surface area contributed by atoms with Crippen LogP contribution >= 0.6 is 0 Å². The summed E-state index contributed by atoms with van der Waals surface area (Å²) in [4.78, 5) is 11.3. The second-order valence-electron chi connectivity index (χ2n) is 10.6. The molecule has 1 heterocycles. The minimum Gasteiger partial charge on any atom is -0.479 e. The number of hydrogen-bond acceptors (Lipinski definition) is 10. The minimum absolute atomic E-state index is 0.0781. The van der Waals surface area contributed by atoms with E-state index in [0.717, 1.165) is 64.7 Å². The zero-order chi connectivity index (χ0) is 30.3. The average molecular weight is 592 g/mol. The zero-order valence-electron chi connectivity index (χ0n) is 23.9. The van der Waals surface area contributed by atoms with Crippen LogP contribution in [0.1, 0.15) is 61.3 Å². The molecule has 1 saturated heterocycles. The largest absolute Gasteiger partial charge is 0.479 e. The fourth-order valence-corrected chi connectivity index (χ4v) is 4.76. The Bertz CT molecular complexity index is 1060. The number of aliphatic hydroxyl groups excluding tert-OH is 5. The summed E-state index contributed by atoms with van der Waals surface area (Å²) in [6.45, 7) is 2.18. The van der Waals surface area contributed by atoms with Crippen LogP contribution in [0.25, 0.3) is 0 Å². The normalized spacial score (nSPS) is 23.0. The first-order valence-corrected chi connectivity index (χ1v) is 14.6. The Morgan fingerprint density at radius 3 is 2.33 bits per heavy atom. The van der Waals surface area contributed by atoms with Crippen LogP contribution in [-0.2, 0) is 27.3 Å². The number of carboxylic acids is 1. The number of nitrogens with one attached hydrogen (secondary N) is 1. The molecule has 0 aromatic heterocycles. The van der Waals surface area contributed by atoms with Gasteiger partial charge in [-0.3, -0.25) is 0 Å². The van der Waals surface area contributed by atoms with E-state index in [9.17, 15) is 35.4 Å². The molecule has 2 aromatic carbocycles. The quantitative estimate of drug-likeness (QED) is 0.118. The SMILES string of the molecule is O=C(O)[C@H]1O[C@@H](Oc2ccc([C@H](O)CNCCCCCCOCCCCc3ccccc3)cc2CO)[C@H](O)[C@@H](O)[C@@H]1O. The van der Waals surface area contributed by atoms with Crippen molar-refractivity contribution in [1.82, 2.24) is 5.32 Å². The Kier molecular flexibility index (Phi) is 14.6. The molecule has 11 nitrogen and oxygen atoms in total. The Labute approximate surface area is 246 Å². The van der Waals surface area contributed by atoms with Crippen LogP contribution in [0.4, 0.5) is 0 Å². The van der Waals surface area contributed by atoms with Crippen LogP contribution in [0.2, 0.25) is 0 Å².